The van der Waals surface area contributed by atoms with Crippen LogP contribution in [0, 0.1) is 0 Å². The van der Waals surface area contributed by atoms with E-state index in [2.05, 4.69) is 10.3 Å². The van der Waals surface area contributed by atoms with Gasteiger partial charge < -0.3 is 21.1 Å². The topological polar surface area (TPSA) is 126 Å². The molecule has 0 radical (unpaired) electrons. The second-order valence-corrected chi connectivity index (χ2v) is 6.12. The molecule has 1 fully saturated rings. The Hall–Kier alpha value is -2.19. The monoisotopic (exact) mass is 354 g/mol. The summed E-state index contributed by atoms with van der Waals surface area (Å²) < 4.78 is 0. The number of nitrogens with two attached hydrogens (primary N) is 1. The maximum absolute atomic E-state index is 12.4. The standard InChI is InChI=1S/C15H19ClN4O4/c1-8(21)20-7-10(22)5-12(20)15(24)19-11(14(17)23)4-9-2-3-13(16)18-6-9/h2-3,6,10-12,22H,4-5,7H2,1H3,(H2,17,23)(H,19,24)/t10-,11-,12+/m1/s1. The molecule has 8 nitrogen and oxygen atoms in total. The number of aromatic nitrogens is 1. The number of rotatable bonds is 5. The molecule has 1 aliphatic heterocycles. The van der Waals surface area contributed by atoms with E-state index in [0.29, 0.717) is 10.7 Å². The molecule has 0 bridgehead atoms. The Morgan fingerprint density at radius 3 is 2.75 bits per heavy atom. The third kappa shape index (κ3) is 4.42. The van der Waals surface area contributed by atoms with Crippen LogP contribution < -0.4 is 11.1 Å². The summed E-state index contributed by atoms with van der Waals surface area (Å²) >= 11 is 5.71. The number of hydrogen-bond donors (Lipinski definition) is 3. The van der Waals surface area contributed by atoms with Gasteiger partial charge in [-0.05, 0) is 11.6 Å². The first-order valence-corrected chi connectivity index (χ1v) is 7.81. The first-order chi connectivity index (χ1) is 11.3. The normalized spacial score (nSPS) is 21.4. The van der Waals surface area contributed by atoms with E-state index < -0.39 is 30.0 Å². The number of primary amides is 1. The van der Waals surface area contributed by atoms with E-state index in [1.807, 2.05) is 0 Å². The molecule has 3 amide bonds. The second-order valence-electron chi connectivity index (χ2n) is 5.73. The molecule has 1 aliphatic rings. The Morgan fingerprint density at radius 2 is 2.21 bits per heavy atom. The van der Waals surface area contributed by atoms with Crippen molar-refractivity contribution in [1.82, 2.24) is 15.2 Å². The van der Waals surface area contributed by atoms with Crippen molar-refractivity contribution in [1.29, 1.82) is 0 Å². The smallest absolute Gasteiger partial charge is 0.243 e. The van der Waals surface area contributed by atoms with Gasteiger partial charge in [0, 0.05) is 32.5 Å². The SMILES string of the molecule is CC(=O)N1C[C@H](O)C[C@H]1C(=O)N[C@H](Cc1ccc(Cl)nc1)C(N)=O. The summed E-state index contributed by atoms with van der Waals surface area (Å²) in [5.74, 6) is -1.54. The Balaban J connectivity index is 2.06. The molecule has 3 atom stereocenters. The third-order valence-corrected chi connectivity index (χ3v) is 4.10. The maximum atomic E-state index is 12.4. The number of likely N-dealkylation sites (tertiary alicyclic amines) is 1. The largest absolute Gasteiger partial charge is 0.391 e. The zero-order chi connectivity index (χ0) is 17.9. The highest BCUT2D eigenvalue weighted by Crippen LogP contribution is 2.18. The minimum atomic E-state index is -0.952. The second kappa shape index (κ2) is 7.59. The quantitative estimate of drug-likeness (QED) is 0.599. The summed E-state index contributed by atoms with van der Waals surface area (Å²) in [7, 11) is 0. The number of nitrogens with zero attached hydrogens (tertiary/aromatic N) is 2. The molecule has 0 aromatic carbocycles. The molecule has 2 heterocycles. The van der Waals surface area contributed by atoms with Crippen LogP contribution in [0.5, 0.6) is 0 Å². The fourth-order valence-corrected chi connectivity index (χ4v) is 2.78. The van der Waals surface area contributed by atoms with Gasteiger partial charge in [0.2, 0.25) is 17.7 Å². The highest BCUT2D eigenvalue weighted by molar-refractivity contribution is 6.29. The molecule has 2 rings (SSSR count). The van der Waals surface area contributed by atoms with Gasteiger partial charge in [-0.1, -0.05) is 17.7 Å². The van der Waals surface area contributed by atoms with Gasteiger partial charge in [-0.3, -0.25) is 14.4 Å². The van der Waals surface area contributed by atoms with Gasteiger partial charge in [0.1, 0.15) is 17.2 Å². The first kappa shape index (κ1) is 18.2. The van der Waals surface area contributed by atoms with Crippen molar-refractivity contribution in [2.75, 3.05) is 6.54 Å². The number of β-amino-alcohol motifs (C(OH)–C–C–N with tert-alkyl or cyclic N) is 1. The van der Waals surface area contributed by atoms with Crippen LogP contribution in [-0.2, 0) is 20.8 Å². The molecular formula is C15H19ClN4O4. The lowest BCUT2D eigenvalue weighted by atomic mass is 10.1. The summed E-state index contributed by atoms with van der Waals surface area (Å²) in [5.41, 5.74) is 6.03. The number of nitrogens with one attached hydrogen (secondary N) is 1. The van der Waals surface area contributed by atoms with Crippen molar-refractivity contribution in [2.24, 2.45) is 5.73 Å². The number of aliphatic hydroxyl groups is 1. The number of aliphatic hydroxyl groups excluding tert-OH is 1. The summed E-state index contributed by atoms with van der Waals surface area (Å²) in [6.07, 6.45) is 1.00. The minimum Gasteiger partial charge on any atom is -0.391 e. The van der Waals surface area contributed by atoms with E-state index in [4.69, 9.17) is 17.3 Å². The number of carbonyl (C=O) groups is 3. The lowest BCUT2D eigenvalue weighted by molar-refractivity contribution is -0.138. The lowest BCUT2D eigenvalue weighted by Crippen LogP contribution is -2.52. The summed E-state index contributed by atoms with van der Waals surface area (Å²) in [6, 6.07) is 1.48. The van der Waals surface area contributed by atoms with Gasteiger partial charge in [0.15, 0.2) is 0 Å². The Morgan fingerprint density at radius 1 is 1.50 bits per heavy atom. The van der Waals surface area contributed by atoms with Crippen molar-refractivity contribution in [3.8, 4) is 0 Å². The van der Waals surface area contributed by atoms with Crippen LogP contribution in [0.2, 0.25) is 5.15 Å². The van der Waals surface area contributed by atoms with Crippen LogP contribution in [0.15, 0.2) is 18.3 Å². The van der Waals surface area contributed by atoms with Crippen LogP contribution >= 0.6 is 11.6 Å². The molecule has 0 unspecified atom stereocenters. The maximum Gasteiger partial charge on any atom is 0.243 e. The average Bonchev–Trinajstić information content (AvgIpc) is 2.91. The van der Waals surface area contributed by atoms with Crippen molar-refractivity contribution in [2.45, 2.75) is 38.0 Å². The van der Waals surface area contributed by atoms with Crippen molar-refractivity contribution in [3.63, 3.8) is 0 Å². The predicted octanol–water partition coefficient (Wildman–Crippen LogP) is -0.771. The summed E-state index contributed by atoms with van der Waals surface area (Å²) in [5, 5.41) is 12.5. The highest BCUT2D eigenvalue weighted by Gasteiger charge is 2.38. The van der Waals surface area contributed by atoms with Crippen LogP contribution in [0.4, 0.5) is 0 Å². The van der Waals surface area contributed by atoms with E-state index in [1.54, 1.807) is 12.1 Å². The van der Waals surface area contributed by atoms with Crippen molar-refractivity contribution in [3.05, 3.63) is 29.0 Å². The fraction of sp³-hybridized carbons (Fsp3) is 0.467. The Labute approximate surface area is 144 Å². The van der Waals surface area contributed by atoms with Gasteiger partial charge >= 0.3 is 0 Å². The number of amides is 3. The van der Waals surface area contributed by atoms with E-state index in [0.717, 1.165) is 0 Å². The average molecular weight is 355 g/mol. The molecule has 4 N–H and O–H groups in total. The zero-order valence-electron chi connectivity index (χ0n) is 13.1. The number of hydrogen-bond acceptors (Lipinski definition) is 5. The molecule has 0 spiro atoms. The molecule has 24 heavy (non-hydrogen) atoms. The van der Waals surface area contributed by atoms with Gasteiger partial charge in [0.25, 0.3) is 0 Å². The number of carbonyl (C=O) groups excluding carboxylic acids is 3. The number of pyridine rings is 1. The van der Waals surface area contributed by atoms with Crippen LogP contribution in [0.3, 0.4) is 0 Å². The van der Waals surface area contributed by atoms with Crippen LogP contribution in [-0.4, -0.2) is 57.4 Å². The molecule has 0 saturated carbocycles. The van der Waals surface area contributed by atoms with Gasteiger partial charge in [0.05, 0.1) is 6.10 Å². The van der Waals surface area contributed by atoms with Gasteiger partial charge in [-0.2, -0.15) is 0 Å². The molecule has 1 aromatic heterocycles. The minimum absolute atomic E-state index is 0.0930. The predicted molar refractivity (Wildman–Crippen MR) is 85.9 cm³/mol. The fourth-order valence-electron chi connectivity index (χ4n) is 2.66. The zero-order valence-corrected chi connectivity index (χ0v) is 13.9. The molecule has 9 heteroatoms. The van der Waals surface area contributed by atoms with Crippen LogP contribution in [0.25, 0.3) is 0 Å². The number of halogens is 1. The molecule has 130 valence electrons. The third-order valence-electron chi connectivity index (χ3n) is 3.87. The molecular weight excluding hydrogens is 336 g/mol. The Bertz CT molecular complexity index is 637. The first-order valence-electron chi connectivity index (χ1n) is 7.43. The van der Waals surface area contributed by atoms with Gasteiger partial charge in [-0.15, -0.1) is 0 Å². The van der Waals surface area contributed by atoms with Crippen molar-refractivity contribution < 1.29 is 19.5 Å². The summed E-state index contributed by atoms with van der Waals surface area (Å²) in [4.78, 5) is 40.8. The van der Waals surface area contributed by atoms with Gasteiger partial charge in [-0.25, -0.2) is 4.98 Å². The van der Waals surface area contributed by atoms with E-state index in [1.165, 1.54) is 18.0 Å². The van der Waals surface area contributed by atoms with Crippen LogP contribution in [0.1, 0.15) is 18.9 Å². The van der Waals surface area contributed by atoms with E-state index in [-0.39, 0.29) is 25.3 Å². The van der Waals surface area contributed by atoms with Crippen molar-refractivity contribution >= 4 is 29.3 Å². The van der Waals surface area contributed by atoms with E-state index >= 15 is 0 Å². The lowest BCUT2D eigenvalue weighted by Gasteiger charge is -2.24. The Kier molecular flexibility index (Phi) is 5.74. The summed E-state index contributed by atoms with van der Waals surface area (Å²) in [6.45, 7) is 1.42. The van der Waals surface area contributed by atoms with E-state index in [9.17, 15) is 19.5 Å². The molecule has 0 aliphatic carbocycles. The molecule has 1 aromatic rings. The molecule has 1 saturated heterocycles. The highest BCUT2D eigenvalue weighted by atomic mass is 35.5.